The Kier molecular flexibility index (Phi) is 4.23. The number of ether oxygens (including phenoxy) is 1. The summed E-state index contributed by atoms with van der Waals surface area (Å²) in [5.74, 6) is 1.24. The highest BCUT2D eigenvalue weighted by atomic mass is 79.9. The predicted octanol–water partition coefficient (Wildman–Crippen LogP) is 5.96. The van der Waals surface area contributed by atoms with E-state index in [1.807, 2.05) is 54.6 Å². The van der Waals surface area contributed by atoms with Crippen LogP contribution in [0.25, 0.3) is 11.1 Å². The second-order valence-electron chi connectivity index (χ2n) is 4.40. The van der Waals surface area contributed by atoms with Crippen molar-refractivity contribution in [1.29, 1.82) is 0 Å². The Hall–Kier alpha value is -1.84. The van der Waals surface area contributed by atoms with Crippen molar-refractivity contribution >= 4 is 27.5 Å². The van der Waals surface area contributed by atoms with Gasteiger partial charge in [-0.05, 0) is 33.6 Å². The van der Waals surface area contributed by atoms with Gasteiger partial charge >= 0.3 is 0 Å². The molecule has 0 aliphatic rings. The van der Waals surface area contributed by atoms with Crippen LogP contribution in [0.5, 0.6) is 11.6 Å². The number of nitrogens with zero attached hydrogens (tertiary/aromatic N) is 1. The Balaban J connectivity index is 2.00. The summed E-state index contributed by atoms with van der Waals surface area (Å²) in [6, 6.07) is 19.7. The van der Waals surface area contributed by atoms with Gasteiger partial charge in [0.05, 0.1) is 9.50 Å². The van der Waals surface area contributed by atoms with Crippen LogP contribution in [0.2, 0.25) is 5.02 Å². The summed E-state index contributed by atoms with van der Waals surface area (Å²) >= 11 is 9.31. The highest BCUT2D eigenvalue weighted by Crippen LogP contribution is 2.35. The molecule has 0 aliphatic carbocycles. The van der Waals surface area contributed by atoms with Crippen LogP contribution in [-0.2, 0) is 0 Å². The lowest BCUT2D eigenvalue weighted by Crippen LogP contribution is -1.91. The molecule has 0 saturated heterocycles. The average Bonchev–Trinajstić information content (AvgIpc) is 2.51. The number of rotatable bonds is 3. The molecule has 0 saturated carbocycles. The van der Waals surface area contributed by atoms with Gasteiger partial charge in [-0.25, -0.2) is 4.98 Å². The molecule has 0 radical (unpaired) electrons. The summed E-state index contributed by atoms with van der Waals surface area (Å²) in [5, 5.41) is 0.561. The van der Waals surface area contributed by atoms with Crippen LogP contribution >= 0.6 is 27.5 Å². The molecule has 0 fully saturated rings. The summed E-state index contributed by atoms with van der Waals surface area (Å²) in [7, 11) is 0. The number of aromatic nitrogens is 1. The van der Waals surface area contributed by atoms with Gasteiger partial charge in [-0.2, -0.15) is 0 Å². The molecule has 0 spiro atoms. The Morgan fingerprint density at radius 1 is 0.952 bits per heavy atom. The standard InChI is InChI=1S/C17H11BrClNO/c18-15-10-13(19)11-20-17(15)21-16-9-5-4-8-14(16)12-6-2-1-3-7-12/h1-11H. The Morgan fingerprint density at radius 3 is 2.43 bits per heavy atom. The van der Waals surface area contributed by atoms with E-state index in [2.05, 4.69) is 20.9 Å². The molecular weight excluding hydrogens is 350 g/mol. The molecule has 104 valence electrons. The molecule has 2 aromatic carbocycles. The molecule has 2 nitrogen and oxygen atoms in total. The minimum absolute atomic E-state index is 0.489. The molecule has 0 aliphatic heterocycles. The summed E-state index contributed by atoms with van der Waals surface area (Å²) in [6.07, 6.45) is 1.56. The largest absolute Gasteiger partial charge is 0.437 e. The fraction of sp³-hybridized carbons (Fsp3) is 0. The molecular formula is C17H11BrClNO. The topological polar surface area (TPSA) is 22.1 Å². The molecule has 4 heteroatoms. The second kappa shape index (κ2) is 6.29. The lowest BCUT2D eigenvalue weighted by molar-refractivity contribution is 0.461. The van der Waals surface area contributed by atoms with Crippen molar-refractivity contribution < 1.29 is 4.74 Å². The monoisotopic (exact) mass is 359 g/mol. The maximum Gasteiger partial charge on any atom is 0.233 e. The van der Waals surface area contributed by atoms with E-state index in [9.17, 15) is 0 Å². The van der Waals surface area contributed by atoms with E-state index < -0.39 is 0 Å². The van der Waals surface area contributed by atoms with Crippen LogP contribution in [0.3, 0.4) is 0 Å². The lowest BCUT2D eigenvalue weighted by atomic mass is 10.1. The normalized spacial score (nSPS) is 10.4. The number of pyridine rings is 1. The zero-order valence-electron chi connectivity index (χ0n) is 11.0. The van der Waals surface area contributed by atoms with Crippen molar-refractivity contribution in [2.24, 2.45) is 0 Å². The molecule has 0 N–H and O–H groups in total. The van der Waals surface area contributed by atoms with Gasteiger partial charge < -0.3 is 4.74 Å². The number of halogens is 2. The second-order valence-corrected chi connectivity index (χ2v) is 5.70. The quantitative estimate of drug-likeness (QED) is 0.575. The van der Waals surface area contributed by atoms with Gasteiger partial charge in [0, 0.05) is 11.8 Å². The van der Waals surface area contributed by atoms with Crippen molar-refractivity contribution in [3.05, 3.63) is 76.4 Å². The van der Waals surface area contributed by atoms with Gasteiger partial charge in [-0.15, -0.1) is 0 Å². The minimum atomic E-state index is 0.489. The van der Waals surface area contributed by atoms with Crippen LogP contribution in [0.4, 0.5) is 0 Å². The van der Waals surface area contributed by atoms with E-state index in [0.29, 0.717) is 10.9 Å². The third kappa shape index (κ3) is 3.26. The molecule has 0 bridgehead atoms. The van der Waals surface area contributed by atoms with E-state index in [-0.39, 0.29) is 0 Å². The Bertz CT molecular complexity index is 762. The van der Waals surface area contributed by atoms with Crippen LogP contribution in [0, 0.1) is 0 Å². The number of para-hydroxylation sites is 1. The van der Waals surface area contributed by atoms with Crippen LogP contribution in [0.1, 0.15) is 0 Å². The minimum Gasteiger partial charge on any atom is -0.437 e. The SMILES string of the molecule is Clc1cnc(Oc2ccccc2-c2ccccc2)c(Br)c1. The van der Waals surface area contributed by atoms with Gasteiger partial charge in [-0.3, -0.25) is 0 Å². The fourth-order valence-corrected chi connectivity index (χ4v) is 2.71. The lowest BCUT2D eigenvalue weighted by Gasteiger charge is -2.11. The van der Waals surface area contributed by atoms with Gasteiger partial charge in [-0.1, -0.05) is 60.1 Å². The average molecular weight is 361 g/mol. The van der Waals surface area contributed by atoms with Crippen LogP contribution < -0.4 is 4.74 Å². The van der Waals surface area contributed by atoms with Crippen molar-refractivity contribution in [3.8, 4) is 22.8 Å². The van der Waals surface area contributed by atoms with E-state index in [4.69, 9.17) is 16.3 Å². The Labute approximate surface area is 136 Å². The van der Waals surface area contributed by atoms with E-state index in [1.54, 1.807) is 12.3 Å². The van der Waals surface area contributed by atoms with Crippen molar-refractivity contribution in [1.82, 2.24) is 4.98 Å². The highest BCUT2D eigenvalue weighted by Gasteiger charge is 2.10. The first-order valence-corrected chi connectivity index (χ1v) is 7.54. The molecule has 0 unspecified atom stereocenters. The summed E-state index contributed by atoms with van der Waals surface area (Å²) in [4.78, 5) is 4.21. The third-order valence-electron chi connectivity index (χ3n) is 2.95. The molecule has 21 heavy (non-hydrogen) atoms. The summed E-state index contributed by atoms with van der Waals surface area (Å²) in [6.45, 7) is 0. The first-order valence-electron chi connectivity index (χ1n) is 6.37. The maximum atomic E-state index is 5.93. The first-order chi connectivity index (χ1) is 10.2. The smallest absolute Gasteiger partial charge is 0.233 e. The van der Waals surface area contributed by atoms with Crippen LogP contribution in [0.15, 0.2) is 71.3 Å². The molecule has 0 atom stereocenters. The maximum absolute atomic E-state index is 5.93. The van der Waals surface area contributed by atoms with Gasteiger partial charge in [0.15, 0.2) is 0 Å². The zero-order chi connectivity index (χ0) is 14.7. The van der Waals surface area contributed by atoms with Crippen molar-refractivity contribution in [3.63, 3.8) is 0 Å². The number of hydrogen-bond donors (Lipinski definition) is 0. The van der Waals surface area contributed by atoms with E-state index in [1.165, 1.54) is 0 Å². The number of hydrogen-bond acceptors (Lipinski definition) is 2. The molecule has 0 amide bonds. The zero-order valence-corrected chi connectivity index (χ0v) is 13.3. The van der Waals surface area contributed by atoms with Crippen molar-refractivity contribution in [2.75, 3.05) is 0 Å². The van der Waals surface area contributed by atoms with Gasteiger partial charge in [0.1, 0.15) is 5.75 Å². The highest BCUT2D eigenvalue weighted by molar-refractivity contribution is 9.10. The summed E-state index contributed by atoms with van der Waals surface area (Å²) < 4.78 is 6.65. The van der Waals surface area contributed by atoms with Crippen LogP contribution in [-0.4, -0.2) is 4.98 Å². The fourth-order valence-electron chi connectivity index (χ4n) is 1.99. The van der Waals surface area contributed by atoms with Gasteiger partial charge in [0.25, 0.3) is 0 Å². The molecule has 3 rings (SSSR count). The molecule has 3 aromatic rings. The first kappa shape index (κ1) is 14.1. The Morgan fingerprint density at radius 2 is 1.67 bits per heavy atom. The molecule has 1 heterocycles. The third-order valence-corrected chi connectivity index (χ3v) is 3.73. The van der Waals surface area contributed by atoms with Crippen molar-refractivity contribution in [2.45, 2.75) is 0 Å². The van der Waals surface area contributed by atoms with E-state index >= 15 is 0 Å². The van der Waals surface area contributed by atoms with Gasteiger partial charge in [0.2, 0.25) is 5.88 Å². The predicted molar refractivity (Wildman–Crippen MR) is 88.9 cm³/mol. The molecule has 1 aromatic heterocycles. The summed E-state index contributed by atoms with van der Waals surface area (Å²) in [5.41, 5.74) is 2.11. The van der Waals surface area contributed by atoms with E-state index in [0.717, 1.165) is 21.3 Å². The number of benzene rings is 2.